The molecule has 1 aromatic carbocycles. The number of anilines is 1. The number of halogens is 3. The minimum Gasteiger partial charge on any atom is -0.352 e. The highest BCUT2D eigenvalue weighted by molar-refractivity contribution is 8.00. The topological polar surface area (TPSA) is 42.7 Å². The van der Waals surface area contributed by atoms with Gasteiger partial charge in [0.1, 0.15) is 0 Å². The van der Waals surface area contributed by atoms with E-state index >= 15 is 0 Å². The molecule has 0 aliphatic heterocycles. The van der Waals surface area contributed by atoms with Crippen molar-refractivity contribution in [1.82, 2.24) is 14.5 Å². The molecule has 0 aliphatic rings. The van der Waals surface area contributed by atoms with Crippen LogP contribution in [-0.2, 0) is 13.6 Å². The van der Waals surface area contributed by atoms with Crippen molar-refractivity contribution in [3.05, 3.63) is 48.3 Å². The van der Waals surface area contributed by atoms with Gasteiger partial charge in [-0.25, -0.2) is 4.98 Å². The lowest BCUT2D eigenvalue weighted by Crippen LogP contribution is -2.07. The molecule has 0 unspecified atom stereocenters. The normalized spacial score (nSPS) is 11.8. The maximum Gasteiger partial charge on any atom is 0.446 e. The molecule has 0 spiro atoms. The number of nitrogens with zero attached hydrogens (tertiary/aromatic N) is 3. The third-order valence-electron chi connectivity index (χ3n) is 3.32. The molecule has 0 aliphatic carbocycles. The van der Waals surface area contributed by atoms with E-state index in [1.165, 1.54) is 6.07 Å². The molecule has 0 radical (unpaired) electrons. The highest BCUT2D eigenvalue weighted by Crippen LogP contribution is 2.38. The van der Waals surface area contributed by atoms with Crippen molar-refractivity contribution in [3.63, 3.8) is 0 Å². The molecule has 0 atom stereocenters. The van der Waals surface area contributed by atoms with Crippen LogP contribution in [0.25, 0.3) is 11.0 Å². The molecule has 0 fully saturated rings. The maximum absolute atomic E-state index is 12.6. The number of alkyl halides is 3. The Balaban J connectivity index is 1.81. The highest BCUT2D eigenvalue weighted by Gasteiger charge is 2.30. The van der Waals surface area contributed by atoms with E-state index in [0.717, 1.165) is 11.0 Å². The summed E-state index contributed by atoms with van der Waals surface area (Å²) in [6.07, 6.45) is 3.34. The Morgan fingerprint density at radius 3 is 2.74 bits per heavy atom. The van der Waals surface area contributed by atoms with Crippen molar-refractivity contribution in [2.75, 3.05) is 5.32 Å². The van der Waals surface area contributed by atoms with Crippen LogP contribution in [0, 0.1) is 0 Å². The lowest BCUT2D eigenvalue weighted by molar-refractivity contribution is -0.0328. The molecule has 0 bridgehead atoms. The standard InChI is InChI=1S/C15H13F3N4S/c1-22-12-9-19-7-6-11(12)21-14(22)20-8-10-4-2-3-5-13(10)23-15(16,17)18/h2-7,9H,8H2,1H3,(H,20,21). The summed E-state index contributed by atoms with van der Waals surface area (Å²) in [7, 11) is 1.83. The monoisotopic (exact) mass is 338 g/mol. The zero-order chi connectivity index (χ0) is 16.4. The number of fused-ring (bicyclic) bond motifs is 1. The number of thioether (sulfide) groups is 1. The molecule has 3 rings (SSSR count). The molecule has 23 heavy (non-hydrogen) atoms. The minimum absolute atomic E-state index is 0.105. The third kappa shape index (κ3) is 3.58. The summed E-state index contributed by atoms with van der Waals surface area (Å²) in [5, 5.41) is 3.09. The summed E-state index contributed by atoms with van der Waals surface area (Å²) in [6.45, 7) is 0.254. The quantitative estimate of drug-likeness (QED) is 0.724. The first kappa shape index (κ1) is 15.7. The van der Waals surface area contributed by atoms with Crippen LogP contribution in [-0.4, -0.2) is 20.0 Å². The average molecular weight is 338 g/mol. The molecule has 2 heterocycles. The Labute approximate surface area is 134 Å². The molecule has 0 amide bonds. The second-order valence-electron chi connectivity index (χ2n) is 4.87. The molecule has 1 N–H and O–H groups in total. The fraction of sp³-hybridized carbons (Fsp3) is 0.200. The van der Waals surface area contributed by atoms with Crippen LogP contribution < -0.4 is 5.32 Å². The SMILES string of the molecule is Cn1c(NCc2ccccc2SC(F)(F)F)nc2ccncc21. The fourth-order valence-electron chi connectivity index (χ4n) is 2.24. The van der Waals surface area contributed by atoms with Gasteiger partial charge in [0.05, 0.1) is 17.2 Å². The van der Waals surface area contributed by atoms with Gasteiger partial charge in [0.2, 0.25) is 5.95 Å². The number of benzene rings is 1. The Hall–Kier alpha value is -2.22. The maximum atomic E-state index is 12.6. The largest absolute Gasteiger partial charge is 0.446 e. The molecule has 0 saturated heterocycles. The molecule has 8 heteroatoms. The van der Waals surface area contributed by atoms with Crippen molar-refractivity contribution in [2.45, 2.75) is 16.9 Å². The summed E-state index contributed by atoms with van der Waals surface area (Å²) in [6, 6.07) is 8.24. The Morgan fingerprint density at radius 1 is 1.22 bits per heavy atom. The Kier molecular flexibility index (Phi) is 4.16. The minimum atomic E-state index is -4.31. The summed E-state index contributed by atoms with van der Waals surface area (Å²) in [5.41, 5.74) is -2.10. The average Bonchev–Trinajstić information content (AvgIpc) is 2.82. The summed E-state index contributed by atoms with van der Waals surface area (Å²) in [4.78, 5) is 8.65. The number of nitrogens with one attached hydrogen (secondary N) is 1. The first-order valence-corrected chi connectivity index (χ1v) is 7.59. The van der Waals surface area contributed by atoms with Crippen molar-refractivity contribution in [1.29, 1.82) is 0 Å². The molecule has 4 nitrogen and oxygen atoms in total. The summed E-state index contributed by atoms with van der Waals surface area (Å²) in [5.74, 6) is 0.583. The van der Waals surface area contributed by atoms with Crippen LogP contribution in [0.15, 0.2) is 47.6 Å². The van der Waals surface area contributed by atoms with Gasteiger partial charge in [-0.15, -0.1) is 0 Å². The van der Waals surface area contributed by atoms with E-state index in [9.17, 15) is 13.2 Å². The van der Waals surface area contributed by atoms with E-state index in [1.54, 1.807) is 36.7 Å². The predicted molar refractivity (Wildman–Crippen MR) is 84.2 cm³/mol. The van der Waals surface area contributed by atoms with Gasteiger partial charge in [-0.05, 0) is 29.5 Å². The fourth-order valence-corrected chi connectivity index (χ4v) is 2.91. The second kappa shape index (κ2) is 6.11. The molecule has 0 saturated carbocycles. The number of hydrogen-bond acceptors (Lipinski definition) is 4. The van der Waals surface area contributed by atoms with Gasteiger partial charge in [-0.3, -0.25) is 4.98 Å². The lowest BCUT2D eigenvalue weighted by atomic mass is 10.2. The van der Waals surface area contributed by atoms with Crippen LogP contribution >= 0.6 is 11.8 Å². The molecule has 120 valence electrons. The van der Waals surface area contributed by atoms with Gasteiger partial charge >= 0.3 is 5.51 Å². The van der Waals surface area contributed by atoms with Crippen LogP contribution in [0.5, 0.6) is 0 Å². The number of imidazole rings is 1. The smallest absolute Gasteiger partial charge is 0.352 e. The van der Waals surface area contributed by atoms with Crippen LogP contribution in [0.4, 0.5) is 19.1 Å². The number of rotatable bonds is 4. The zero-order valence-corrected chi connectivity index (χ0v) is 12.9. The van der Waals surface area contributed by atoms with Gasteiger partial charge < -0.3 is 9.88 Å². The molecular weight excluding hydrogens is 325 g/mol. The number of aromatic nitrogens is 3. The predicted octanol–water partition coefficient (Wildman–Crippen LogP) is 4.19. The number of hydrogen-bond donors (Lipinski definition) is 1. The van der Waals surface area contributed by atoms with Gasteiger partial charge in [0.15, 0.2) is 0 Å². The van der Waals surface area contributed by atoms with Crippen molar-refractivity contribution in [3.8, 4) is 0 Å². The first-order chi connectivity index (χ1) is 10.9. The van der Waals surface area contributed by atoms with Crippen molar-refractivity contribution >= 4 is 28.7 Å². The molecular formula is C15H13F3N4S. The summed E-state index contributed by atoms with van der Waals surface area (Å²) >= 11 is -0.105. The Morgan fingerprint density at radius 2 is 2.00 bits per heavy atom. The van der Waals surface area contributed by atoms with E-state index in [2.05, 4.69) is 15.3 Å². The van der Waals surface area contributed by atoms with Gasteiger partial charge in [-0.2, -0.15) is 13.2 Å². The van der Waals surface area contributed by atoms with Crippen LogP contribution in [0.3, 0.4) is 0 Å². The van der Waals surface area contributed by atoms with E-state index in [-0.39, 0.29) is 23.2 Å². The van der Waals surface area contributed by atoms with Gasteiger partial charge in [0.25, 0.3) is 0 Å². The van der Waals surface area contributed by atoms with Crippen LogP contribution in [0.1, 0.15) is 5.56 Å². The third-order valence-corrected chi connectivity index (χ3v) is 4.17. The first-order valence-electron chi connectivity index (χ1n) is 6.78. The van der Waals surface area contributed by atoms with E-state index in [1.807, 2.05) is 11.6 Å². The van der Waals surface area contributed by atoms with E-state index in [4.69, 9.17) is 0 Å². The molecule has 3 aromatic rings. The highest BCUT2D eigenvalue weighted by atomic mass is 32.2. The number of pyridine rings is 1. The van der Waals surface area contributed by atoms with E-state index < -0.39 is 5.51 Å². The van der Waals surface area contributed by atoms with Crippen LogP contribution in [0.2, 0.25) is 0 Å². The van der Waals surface area contributed by atoms with Gasteiger partial charge in [0, 0.05) is 24.7 Å². The number of aryl methyl sites for hydroxylation is 1. The molecule has 2 aromatic heterocycles. The van der Waals surface area contributed by atoms with E-state index in [0.29, 0.717) is 11.5 Å². The summed E-state index contributed by atoms with van der Waals surface area (Å²) < 4.78 is 39.6. The van der Waals surface area contributed by atoms with Gasteiger partial charge in [-0.1, -0.05) is 18.2 Å². The second-order valence-corrected chi connectivity index (χ2v) is 5.97. The van der Waals surface area contributed by atoms with Crippen molar-refractivity contribution in [2.24, 2.45) is 7.05 Å². The lowest BCUT2D eigenvalue weighted by Gasteiger charge is -2.12. The van der Waals surface area contributed by atoms with Crippen molar-refractivity contribution < 1.29 is 13.2 Å². The Bertz CT molecular complexity index is 829. The zero-order valence-electron chi connectivity index (χ0n) is 12.1.